The van der Waals surface area contributed by atoms with Crippen LogP contribution in [0.5, 0.6) is 0 Å². The molecule has 0 spiro atoms. The summed E-state index contributed by atoms with van der Waals surface area (Å²) in [5.41, 5.74) is 1.26. The minimum atomic E-state index is 0.396. The van der Waals surface area contributed by atoms with Crippen LogP contribution in [0, 0.1) is 0 Å². The highest BCUT2D eigenvalue weighted by atomic mass is 15.3. The molecule has 0 radical (unpaired) electrons. The lowest BCUT2D eigenvalue weighted by atomic mass is 10.1. The van der Waals surface area contributed by atoms with Crippen LogP contribution in [-0.2, 0) is 7.05 Å². The van der Waals surface area contributed by atoms with Gasteiger partial charge < -0.3 is 10.2 Å². The molecule has 1 unspecified atom stereocenters. The highest BCUT2D eigenvalue weighted by Crippen LogP contribution is 2.15. The van der Waals surface area contributed by atoms with Crippen LogP contribution in [0.4, 0.5) is 0 Å². The zero-order chi connectivity index (χ0) is 12.0. The Balaban J connectivity index is 2.53. The van der Waals surface area contributed by atoms with Crippen molar-refractivity contribution in [3.63, 3.8) is 0 Å². The van der Waals surface area contributed by atoms with Crippen molar-refractivity contribution >= 4 is 0 Å². The van der Waals surface area contributed by atoms with Crippen LogP contribution >= 0.6 is 0 Å². The Bertz CT molecular complexity index is 291. The molecular weight excluding hydrogens is 200 g/mol. The van der Waals surface area contributed by atoms with Gasteiger partial charge in [-0.2, -0.15) is 5.10 Å². The second kappa shape index (κ2) is 6.66. The molecular formula is C12H24N4. The van der Waals surface area contributed by atoms with Gasteiger partial charge in [0.25, 0.3) is 0 Å². The summed E-state index contributed by atoms with van der Waals surface area (Å²) < 4.78 is 1.95. The van der Waals surface area contributed by atoms with Crippen LogP contribution in [0.3, 0.4) is 0 Å². The first-order chi connectivity index (χ1) is 7.72. The van der Waals surface area contributed by atoms with Crippen molar-refractivity contribution in [2.75, 3.05) is 26.7 Å². The quantitative estimate of drug-likeness (QED) is 0.760. The smallest absolute Gasteiger partial charge is 0.0550 e. The molecule has 4 nitrogen and oxygen atoms in total. The van der Waals surface area contributed by atoms with Crippen LogP contribution in [0.2, 0.25) is 0 Å². The van der Waals surface area contributed by atoms with Gasteiger partial charge in [0.1, 0.15) is 0 Å². The van der Waals surface area contributed by atoms with Gasteiger partial charge >= 0.3 is 0 Å². The van der Waals surface area contributed by atoms with E-state index < -0.39 is 0 Å². The van der Waals surface area contributed by atoms with Crippen molar-refractivity contribution in [1.29, 1.82) is 0 Å². The Kier molecular flexibility index (Phi) is 5.49. The molecule has 0 aliphatic carbocycles. The Hall–Kier alpha value is -0.870. The molecule has 0 saturated heterocycles. The summed E-state index contributed by atoms with van der Waals surface area (Å²) in [6, 6.07) is 2.48. The maximum atomic E-state index is 4.22. The Morgan fingerprint density at radius 3 is 2.56 bits per heavy atom. The fourth-order valence-electron chi connectivity index (χ4n) is 2.02. The number of hydrogen-bond donors (Lipinski definition) is 1. The third kappa shape index (κ3) is 3.32. The first-order valence-electron chi connectivity index (χ1n) is 6.10. The molecule has 1 atom stereocenters. The number of aromatic nitrogens is 2. The second-order valence-corrected chi connectivity index (χ2v) is 4.04. The summed E-state index contributed by atoms with van der Waals surface area (Å²) >= 11 is 0. The summed E-state index contributed by atoms with van der Waals surface area (Å²) in [5.74, 6) is 0. The predicted octanol–water partition coefficient (Wildman–Crippen LogP) is 1.41. The number of nitrogens with one attached hydrogen (secondary N) is 1. The van der Waals surface area contributed by atoms with E-state index in [0.717, 1.165) is 26.1 Å². The van der Waals surface area contributed by atoms with Gasteiger partial charge in [-0.05, 0) is 39.2 Å². The summed E-state index contributed by atoms with van der Waals surface area (Å²) in [5, 5.41) is 7.58. The molecule has 0 saturated carbocycles. The van der Waals surface area contributed by atoms with Crippen molar-refractivity contribution in [2.45, 2.75) is 26.3 Å². The van der Waals surface area contributed by atoms with Crippen LogP contribution < -0.4 is 5.32 Å². The van der Waals surface area contributed by atoms with Crippen molar-refractivity contribution in [3.8, 4) is 0 Å². The average Bonchev–Trinajstić information content (AvgIpc) is 2.71. The summed E-state index contributed by atoms with van der Waals surface area (Å²) in [6.07, 6.45) is 2.98. The van der Waals surface area contributed by atoms with Gasteiger partial charge in [0, 0.05) is 13.2 Å². The highest BCUT2D eigenvalue weighted by Gasteiger charge is 2.13. The molecule has 1 aromatic rings. The molecule has 0 aromatic carbocycles. The molecule has 1 aromatic heterocycles. The summed E-state index contributed by atoms with van der Waals surface area (Å²) in [7, 11) is 4.01. The molecule has 0 aliphatic rings. The van der Waals surface area contributed by atoms with Crippen LogP contribution in [-0.4, -0.2) is 41.4 Å². The standard InChI is InChI=1S/C12H24N4/c1-5-16(6-2)10-8-11(13-3)12-7-9-14-15(12)4/h7,9,11,13H,5-6,8,10H2,1-4H3. The monoisotopic (exact) mass is 224 g/mol. The lowest BCUT2D eigenvalue weighted by Crippen LogP contribution is -2.29. The topological polar surface area (TPSA) is 33.1 Å². The van der Waals surface area contributed by atoms with E-state index in [-0.39, 0.29) is 0 Å². The van der Waals surface area contributed by atoms with Gasteiger partial charge in [-0.3, -0.25) is 4.68 Å². The average molecular weight is 224 g/mol. The van der Waals surface area contributed by atoms with E-state index in [1.54, 1.807) is 0 Å². The minimum absolute atomic E-state index is 0.396. The van der Waals surface area contributed by atoms with Crippen molar-refractivity contribution in [3.05, 3.63) is 18.0 Å². The highest BCUT2D eigenvalue weighted by molar-refractivity contribution is 5.06. The maximum Gasteiger partial charge on any atom is 0.0550 e. The minimum Gasteiger partial charge on any atom is -0.312 e. The van der Waals surface area contributed by atoms with Gasteiger partial charge in [0.15, 0.2) is 0 Å². The number of nitrogens with zero attached hydrogens (tertiary/aromatic N) is 3. The van der Waals surface area contributed by atoms with Crippen molar-refractivity contribution in [2.24, 2.45) is 7.05 Å². The summed E-state index contributed by atoms with van der Waals surface area (Å²) in [6.45, 7) is 7.80. The van der Waals surface area contributed by atoms with Gasteiger partial charge in [-0.25, -0.2) is 0 Å². The van der Waals surface area contributed by atoms with Gasteiger partial charge in [0.2, 0.25) is 0 Å². The fraction of sp³-hybridized carbons (Fsp3) is 0.750. The van der Waals surface area contributed by atoms with Crippen molar-refractivity contribution < 1.29 is 0 Å². The summed E-state index contributed by atoms with van der Waals surface area (Å²) in [4.78, 5) is 2.45. The van der Waals surface area contributed by atoms with Gasteiger partial charge in [0.05, 0.1) is 11.7 Å². The second-order valence-electron chi connectivity index (χ2n) is 4.04. The van der Waals surface area contributed by atoms with Crippen LogP contribution in [0.25, 0.3) is 0 Å². The molecule has 4 heteroatoms. The van der Waals surface area contributed by atoms with E-state index in [9.17, 15) is 0 Å². The molecule has 16 heavy (non-hydrogen) atoms. The predicted molar refractivity (Wildman–Crippen MR) is 67.4 cm³/mol. The van der Waals surface area contributed by atoms with Gasteiger partial charge in [-0.1, -0.05) is 13.8 Å². The first-order valence-corrected chi connectivity index (χ1v) is 6.10. The third-order valence-corrected chi connectivity index (χ3v) is 3.19. The number of rotatable bonds is 7. The molecule has 1 rings (SSSR count). The zero-order valence-corrected chi connectivity index (χ0v) is 10.9. The van der Waals surface area contributed by atoms with Crippen molar-refractivity contribution in [1.82, 2.24) is 20.0 Å². The lowest BCUT2D eigenvalue weighted by molar-refractivity contribution is 0.282. The largest absolute Gasteiger partial charge is 0.312 e. The SMILES string of the molecule is CCN(CC)CCC(NC)c1ccnn1C. The fourth-order valence-corrected chi connectivity index (χ4v) is 2.02. The Morgan fingerprint density at radius 2 is 2.12 bits per heavy atom. The van der Waals surface area contributed by atoms with E-state index in [1.807, 2.05) is 25.0 Å². The molecule has 0 fully saturated rings. The maximum absolute atomic E-state index is 4.22. The van der Waals surface area contributed by atoms with E-state index in [2.05, 4.69) is 35.2 Å². The van der Waals surface area contributed by atoms with E-state index >= 15 is 0 Å². The molecule has 0 aliphatic heterocycles. The number of hydrogen-bond acceptors (Lipinski definition) is 3. The third-order valence-electron chi connectivity index (χ3n) is 3.19. The molecule has 0 amide bonds. The van der Waals surface area contributed by atoms with E-state index in [1.165, 1.54) is 5.69 Å². The van der Waals surface area contributed by atoms with Crippen LogP contribution in [0.15, 0.2) is 12.3 Å². The number of aryl methyl sites for hydroxylation is 1. The molecule has 92 valence electrons. The normalized spacial score (nSPS) is 13.3. The molecule has 0 bridgehead atoms. The molecule has 1 heterocycles. The lowest BCUT2D eigenvalue weighted by Gasteiger charge is -2.22. The Morgan fingerprint density at radius 1 is 1.44 bits per heavy atom. The Labute approximate surface area is 98.6 Å². The van der Waals surface area contributed by atoms with Gasteiger partial charge in [-0.15, -0.1) is 0 Å². The van der Waals surface area contributed by atoms with E-state index in [0.29, 0.717) is 6.04 Å². The van der Waals surface area contributed by atoms with E-state index in [4.69, 9.17) is 0 Å². The first kappa shape index (κ1) is 13.2. The van der Waals surface area contributed by atoms with Crippen LogP contribution in [0.1, 0.15) is 32.0 Å². The zero-order valence-electron chi connectivity index (χ0n) is 10.9. The molecule has 1 N–H and O–H groups in total.